The fourth-order valence-corrected chi connectivity index (χ4v) is 3.69. The van der Waals surface area contributed by atoms with Gasteiger partial charge < -0.3 is 20.6 Å². The van der Waals surface area contributed by atoms with E-state index >= 15 is 0 Å². The number of hydrogen-bond donors (Lipinski definition) is 3. The van der Waals surface area contributed by atoms with Crippen LogP contribution in [0.25, 0.3) is 0 Å². The fraction of sp³-hybridized carbons (Fsp3) is 0.722. The molecule has 1 atom stereocenters. The molecule has 7 heteroatoms. The molecule has 2 aliphatic rings. The molecular weight excluding hydrogens is 318 g/mol. The van der Waals surface area contributed by atoms with Gasteiger partial charge in [0.25, 0.3) is 0 Å². The van der Waals surface area contributed by atoms with Crippen LogP contribution in [-0.2, 0) is 6.42 Å². The number of aliphatic hydroxyl groups excluding tert-OH is 1. The first kappa shape index (κ1) is 17.9. The number of nitrogens with one attached hydrogen (secondary N) is 2. The van der Waals surface area contributed by atoms with Gasteiger partial charge in [-0.25, -0.2) is 14.8 Å². The zero-order chi connectivity index (χ0) is 17.6. The van der Waals surface area contributed by atoms with Gasteiger partial charge in [-0.1, -0.05) is 6.92 Å². The van der Waals surface area contributed by atoms with Gasteiger partial charge in [0.2, 0.25) is 0 Å². The Labute approximate surface area is 149 Å². The Morgan fingerprint density at radius 1 is 1.20 bits per heavy atom. The molecule has 1 aromatic heterocycles. The van der Waals surface area contributed by atoms with Crippen LogP contribution in [0.4, 0.5) is 10.6 Å². The molecule has 138 valence electrons. The lowest BCUT2D eigenvalue weighted by atomic mass is 9.93. The van der Waals surface area contributed by atoms with E-state index in [-0.39, 0.29) is 24.2 Å². The summed E-state index contributed by atoms with van der Waals surface area (Å²) in [5, 5.41) is 15.7. The fourth-order valence-electron chi connectivity index (χ4n) is 3.69. The van der Waals surface area contributed by atoms with Crippen molar-refractivity contribution in [3.63, 3.8) is 0 Å². The SMILES string of the molecule is CCc1cc(N2CCC[C@H](NC(=O)NC3CCC(O)CC3)C2)ncn1. The monoisotopic (exact) mass is 347 g/mol. The highest BCUT2D eigenvalue weighted by Crippen LogP contribution is 2.20. The maximum absolute atomic E-state index is 12.3. The molecule has 0 bridgehead atoms. The number of anilines is 1. The molecule has 1 aliphatic carbocycles. The quantitative estimate of drug-likeness (QED) is 0.770. The van der Waals surface area contributed by atoms with Crippen LogP contribution in [0.5, 0.6) is 0 Å². The van der Waals surface area contributed by atoms with Crippen molar-refractivity contribution in [1.82, 2.24) is 20.6 Å². The number of piperidine rings is 1. The maximum Gasteiger partial charge on any atom is 0.315 e. The van der Waals surface area contributed by atoms with E-state index in [1.807, 2.05) is 6.07 Å². The van der Waals surface area contributed by atoms with E-state index in [1.54, 1.807) is 6.33 Å². The molecular formula is C18H29N5O2. The molecule has 0 aromatic carbocycles. The molecule has 0 unspecified atom stereocenters. The van der Waals surface area contributed by atoms with Gasteiger partial charge in [-0.15, -0.1) is 0 Å². The Balaban J connectivity index is 1.50. The van der Waals surface area contributed by atoms with Crippen molar-refractivity contribution in [2.24, 2.45) is 0 Å². The van der Waals surface area contributed by atoms with Gasteiger partial charge in [0.05, 0.1) is 6.10 Å². The number of urea groups is 1. The third kappa shape index (κ3) is 5.04. The third-order valence-corrected chi connectivity index (χ3v) is 5.18. The highest BCUT2D eigenvalue weighted by Gasteiger charge is 2.25. The summed E-state index contributed by atoms with van der Waals surface area (Å²) >= 11 is 0. The molecule has 3 N–H and O–H groups in total. The van der Waals surface area contributed by atoms with E-state index in [4.69, 9.17) is 0 Å². The van der Waals surface area contributed by atoms with Crippen LogP contribution < -0.4 is 15.5 Å². The molecule has 2 heterocycles. The summed E-state index contributed by atoms with van der Waals surface area (Å²) in [7, 11) is 0. The first-order chi connectivity index (χ1) is 12.1. The molecule has 7 nitrogen and oxygen atoms in total. The summed E-state index contributed by atoms with van der Waals surface area (Å²) in [6, 6.07) is 2.25. The number of hydrogen-bond acceptors (Lipinski definition) is 5. The van der Waals surface area contributed by atoms with Crippen molar-refractivity contribution in [2.75, 3.05) is 18.0 Å². The summed E-state index contributed by atoms with van der Waals surface area (Å²) in [4.78, 5) is 23.1. The zero-order valence-electron chi connectivity index (χ0n) is 14.9. The molecule has 2 fully saturated rings. The third-order valence-electron chi connectivity index (χ3n) is 5.18. The van der Waals surface area contributed by atoms with Crippen molar-refractivity contribution < 1.29 is 9.90 Å². The predicted molar refractivity (Wildman–Crippen MR) is 96.6 cm³/mol. The van der Waals surface area contributed by atoms with Crippen LogP contribution in [-0.4, -0.2) is 52.4 Å². The van der Waals surface area contributed by atoms with Crippen molar-refractivity contribution in [3.05, 3.63) is 18.1 Å². The lowest BCUT2D eigenvalue weighted by Crippen LogP contribution is -2.53. The van der Waals surface area contributed by atoms with E-state index in [9.17, 15) is 9.90 Å². The minimum atomic E-state index is -0.200. The topological polar surface area (TPSA) is 90.4 Å². The van der Waals surface area contributed by atoms with Gasteiger partial charge >= 0.3 is 6.03 Å². The summed E-state index contributed by atoms with van der Waals surface area (Å²) in [6.07, 6.45) is 7.59. The molecule has 2 amide bonds. The first-order valence-corrected chi connectivity index (χ1v) is 9.45. The highest BCUT2D eigenvalue weighted by molar-refractivity contribution is 5.74. The number of aromatic nitrogens is 2. The lowest BCUT2D eigenvalue weighted by molar-refractivity contribution is 0.117. The number of carbonyl (C=O) groups excluding carboxylic acids is 1. The Morgan fingerprint density at radius 2 is 1.96 bits per heavy atom. The molecule has 1 saturated carbocycles. The summed E-state index contributed by atoms with van der Waals surface area (Å²) in [6.45, 7) is 3.82. The average molecular weight is 347 g/mol. The lowest BCUT2D eigenvalue weighted by Gasteiger charge is -2.34. The molecule has 25 heavy (non-hydrogen) atoms. The number of amides is 2. The van der Waals surface area contributed by atoms with Crippen LogP contribution >= 0.6 is 0 Å². The minimum absolute atomic E-state index is 0.0924. The Bertz CT molecular complexity index is 574. The number of rotatable bonds is 4. The Kier molecular flexibility index (Phi) is 6.07. The largest absolute Gasteiger partial charge is 0.393 e. The van der Waals surface area contributed by atoms with Crippen molar-refractivity contribution in [2.45, 2.75) is 70.1 Å². The summed E-state index contributed by atoms with van der Waals surface area (Å²) in [5.41, 5.74) is 1.04. The van der Waals surface area contributed by atoms with Gasteiger partial charge in [-0.3, -0.25) is 0 Å². The maximum atomic E-state index is 12.3. The zero-order valence-corrected chi connectivity index (χ0v) is 14.9. The number of aliphatic hydroxyl groups is 1. The highest BCUT2D eigenvalue weighted by atomic mass is 16.3. The summed E-state index contributed by atoms with van der Waals surface area (Å²) < 4.78 is 0. The van der Waals surface area contributed by atoms with Crippen LogP contribution in [0, 0.1) is 0 Å². The van der Waals surface area contributed by atoms with Crippen LogP contribution in [0.3, 0.4) is 0 Å². The smallest absolute Gasteiger partial charge is 0.315 e. The minimum Gasteiger partial charge on any atom is -0.393 e. The molecule has 1 saturated heterocycles. The second-order valence-corrected chi connectivity index (χ2v) is 7.13. The van der Waals surface area contributed by atoms with E-state index in [0.29, 0.717) is 0 Å². The second kappa shape index (κ2) is 8.47. The van der Waals surface area contributed by atoms with Gasteiger partial charge in [0, 0.05) is 36.9 Å². The Hall–Kier alpha value is -1.89. The van der Waals surface area contributed by atoms with E-state index < -0.39 is 0 Å². The van der Waals surface area contributed by atoms with Gasteiger partial charge in [-0.2, -0.15) is 0 Å². The van der Waals surface area contributed by atoms with Gasteiger partial charge in [-0.05, 0) is 44.9 Å². The number of nitrogens with zero attached hydrogens (tertiary/aromatic N) is 3. The predicted octanol–water partition coefficient (Wildman–Crippen LogP) is 1.61. The van der Waals surface area contributed by atoms with E-state index in [0.717, 1.165) is 69.5 Å². The van der Waals surface area contributed by atoms with Gasteiger partial charge in [0.15, 0.2) is 0 Å². The van der Waals surface area contributed by atoms with Gasteiger partial charge in [0.1, 0.15) is 12.1 Å². The van der Waals surface area contributed by atoms with E-state index in [1.165, 1.54) is 0 Å². The second-order valence-electron chi connectivity index (χ2n) is 7.13. The van der Waals surface area contributed by atoms with Crippen LogP contribution in [0.1, 0.15) is 51.1 Å². The molecule has 1 aliphatic heterocycles. The number of aryl methyl sites for hydroxylation is 1. The molecule has 1 aromatic rings. The van der Waals surface area contributed by atoms with Crippen molar-refractivity contribution >= 4 is 11.8 Å². The molecule has 3 rings (SSSR count). The average Bonchev–Trinajstić information content (AvgIpc) is 2.64. The normalized spacial score (nSPS) is 27.0. The Morgan fingerprint density at radius 3 is 2.72 bits per heavy atom. The first-order valence-electron chi connectivity index (χ1n) is 9.45. The van der Waals surface area contributed by atoms with E-state index in [2.05, 4.69) is 32.4 Å². The standard InChI is InChI=1S/C18H29N5O2/c1-2-13-10-17(20-12-19-13)23-9-3-4-15(11-23)22-18(25)21-14-5-7-16(24)8-6-14/h10,12,14-16,24H,2-9,11H2,1H3,(H2,21,22,25)/t14?,15-,16?/m0/s1. The molecule has 0 radical (unpaired) electrons. The van der Waals surface area contributed by atoms with Crippen molar-refractivity contribution in [3.8, 4) is 0 Å². The van der Waals surface area contributed by atoms with Crippen LogP contribution in [0.15, 0.2) is 12.4 Å². The van der Waals surface area contributed by atoms with Crippen LogP contribution in [0.2, 0.25) is 0 Å². The van der Waals surface area contributed by atoms with Crippen molar-refractivity contribution in [1.29, 1.82) is 0 Å². The summed E-state index contributed by atoms with van der Waals surface area (Å²) in [5.74, 6) is 0.944. The molecule has 0 spiro atoms. The number of carbonyl (C=O) groups is 1.